The maximum Gasteiger partial charge on any atom is 0.0542 e. The first kappa shape index (κ1) is 8.23. The van der Waals surface area contributed by atoms with Crippen molar-refractivity contribution < 1.29 is 0 Å². The van der Waals surface area contributed by atoms with Gasteiger partial charge in [0, 0.05) is 24.0 Å². The monoisotopic (exact) mass is 182 g/mol. The van der Waals surface area contributed by atoms with Gasteiger partial charge < -0.3 is 10.6 Å². The van der Waals surface area contributed by atoms with Crippen molar-refractivity contribution in [3.05, 3.63) is 22.4 Å². The lowest BCUT2D eigenvalue weighted by Crippen LogP contribution is -2.48. The number of hydrogen-bond acceptors (Lipinski definition) is 3. The molecule has 2 atom stereocenters. The summed E-state index contributed by atoms with van der Waals surface area (Å²) in [5, 5.41) is 9.12. The molecule has 1 aliphatic rings. The Morgan fingerprint density at radius 3 is 2.92 bits per heavy atom. The van der Waals surface area contributed by atoms with E-state index in [4.69, 9.17) is 0 Å². The highest BCUT2D eigenvalue weighted by Crippen LogP contribution is 2.19. The van der Waals surface area contributed by atoms with E-state index in [0.717, 1.165) is 13.1 Å². The van der Waals surface area contributed by atoms with Gasteiger partial charge in [-0.05, 0) is 18.4 Å². The van der Waals surface area contributed by atoms with E-state index in [0.29, 0.717) is 12.1 Å². The van der Waals surface area contributed by atoms with Crippen LogP contribution >= 0.6 is 11.3 Å². The molecular formula is C9H14N2S. The second-order valence-electron chi connectivity index (χ2n) is 3.29. The van der Waals surface area contributed by atoms with Gasteiger partial charge in [-0.25, -0.2) is 0 Å². The molecule has 1 aliphatic heterocycles. The molecule has 2 N–H and O–H groups in total. The standard InChI is InChI=1S/C9H14N2S/c1-7-5-11-8(6-10-7)9-3-2-4-12-9/h2-4,7-8,10-11H,5-6H2,1H3/t7?,8-/m1/s1. The minimum Gasteiger partial charge on any atom is -0.311 e. The predicted molar refractivity (Wildman–Crippen MR) is 52.5 cm³/mol. The van der Waals surface area contributed by atoms with Crippen molar-refractivity contribution in [3.8, 4) is 0 Å². The maximum absolute atomic E-state index is 3.52. The first-order valence-electron chi connectivity index (χ1n) is 4.36. The summed E-state index contributed by atoms with van der Waals surface area (Å²) in [4.78, 5) is 1.44. The van der Waals surface area contributed by atoms with E-state index in [-0.39, 0.29) is 0 Å². The molecule has 1 aromatic heterocycles. The summed E-state index contributed by atoms with van der Waals surface area (Å²) in [6.07, 6.45) is 0. The van der Waals surface area contributed by atoms with Crippen molar-refractivity contribution in [2.45, 2.75) is 19.0 Å². The lowest BCUT2D eigenvalue weighted by atomic mass is 10.1. The first-order valence-corrected chi connectivity index (χ1v) is 5.24. The molecule has 12 heavy (non-hydrogen) atoms. The van der Waals surface area contributed by atoms with Gasteiger partial charge in [-0.3, -0.25) is 0 Å². The molecule has 1 unspecified atom stereocenters. The molecule has 0 amide bonds. The molecule has 0 bridgehead atoms. The fraction of sp³-hybridized carbons (Fsp3) is 0.556. The van der Waals surface area contributed by atoms with Crippen LogP contribution in [0.4, 0.5) is 0 Å². The molecular weight excluding hydrogens is 168 g/mol. The Bertz CT molecular complexity index is 225. The average Bonchev–Trinajstić information content (AvgIpc) is 2.58. The minimum atomic E-state index is 0.529. The predicted octanol–water partition coefficient (Wildman–Crippen LogP) is 1.37. The SMILES string of the molecule is CC1CN[C@@H](c2cccs2)CN1. The zero-order valence-corrected chi connectivity index (χ0v) is 8.03. The Morgan fingerprint density at radius 2 is 2.33 bits per heavy atom. The molecule has 0 radical (unpaired) electrons. The number of hydrogen-bond donors (Lipinski definition) is 2. The van der Waals surface area contributed by atoms with E-state index in [1.54, 1.807) is 0 Å². The molecule has 1 saturated heterocycles. The molecule has 0 saturated carbocycles. The Morgan fingerprint density at radius 1 is 1.42 bits per heavy atom. The third-order valence-electron chi connectivity index (χ3n) is 2.23. The largest absolute Gasteiger partial charge is 0.311 e. The third kappa shape index (κ3) is 1.68. The number of rotatable bonds is 1. The van der Waals surface area contributed by atoms with Gasteiger partial charge in [-0.1, -0.05) is 6.07 Å². The van der Waals surface area contributed by atoms with Crippen molar-refractivity contribution >= 4 is 11.3 Å². The zero-order chi connectivity index (χ0) is 8.39. The zero-order valence-electron chi connectivity index (χ0n) is 7.21. The van der Waals surface area contributed by atoms with Crippen molar-refractivity contribution in [1.82, 2.24) is 10.6 Å². The quantitative estimate of drug-likeness (QED) is 0.685. The summed E-state index contributed by atoms with van der Waals surface area (Å²) in [6.45, 7) is 4.34. The van der Waals surface area contributed by atoms with Crippen LogP contribution in [0.5, 0.6) is 0 Å². The van der Waals surface area contributed by atoms with Crippen molar-refractivity contribution in [2.75, 3.05) is 13.1 Å². The smallest absolute Gasteiger partial charge is 0.0542 e. The molecule has 2 rings (SSSR count). The number of thiophene rings is 1. The van der Waals surface area contributed by atoms with Gasteiger partial charge in [0.25, 0.3) is 0 Å². The van der Waals surface area contributed by atoms with Crippen molar-refractivity contribution in [2.24, 2.45) is 0 Å². The Kier molecular flexibility index (Phi) is 2.44. The third-order valence-corrected chi connectivity index (χ3v) is 3.21. The molecule has 66 valence electrons. The summed E-state index contributed by atoms with van der Waals surface area (Å²) in [7, 11) is 0. The Labute approximate surface area is 77.0 Å². The molecule has 0 spiro atoms. The molecule has 2 nitrogen and oxygen atoms in total. The highest BCUT2D eigenvalue weighted by molar-refractivity contribution is 7.10. The van der Waals surface area contributed by atoms with Gasteiger partial charge >= 0.3 is 0 Å². The maximum atomic E-state index is 3.52. The van der Waals surface area contributed by atoms with Crippen LogP contribution in [0.3, 0.4) is 0 Å². The summed E-state index contributed by atoms with van der Waals surface area (Å²) in [5.41, 5.74) is 0. The van der Waals surface area contributed by atoms with E-state index in [9.17, 15) is 0 Å². The van der Waals surface area contributed by atoms with Crippen LogP contribution < -0.4 is 10.6 Å². The fourth-order valence-corrected chi connectivity index (χ4v) is 2.28. The van der Waals surface area contributed by atoms with Crippen LogP contribution in [-0.4, -0.2) is 19.1 Å². The van der Waals surface area contributed by atoms with Crippen molar-refractivity contribution in [1.29, 1.82) is 0 Å². The summed E-state index contributed by atoms with van der Waals surface area (Å²) < 4.78 is 0. The number of piperazine rings is 1. The van der Waals surface area contributed by atoms with Crippen LogP contribution in [0.2, 0.25) is 0 Å². The van der Waals surface area contributed by atoms with Crippen LogP contribution in [0, 0.1) is 0 Å². The molecule has 1 fully saturated rings. The van der Waals surface area contributed by atoms with Crippen LogP contribution in [0.15, 0.2) is 17.5 Å². The Hall–Kier alpha value is -0.380. The second-order valence-corrected chi connectivity index (χ2v) is 4.26. The Balaban J connectivity index is 1.99. The van der Waals surface area contributed by atoms with E-state index in [1.165, 1.54) is 4.88 Å². The van der Waals surface area contributed by atoms with Crippen LogP contribution in [0.25, 0.3) is 0 Å². The van der Waals surface area contributed by atoms with Crippen molar-refractivity contribution in [3.63, 3.8) is 0 Å². The van der Waals surface area contributed by atoms with E-state index in [2.05, 4.69) is 35.1 Å². The molecule has 1 aromatic rings. The lowest BCUT2D eigenvalue weighted by Gasteiger charge is -2.28. The number of nitrogens with one attached hydrogen (secondary N) is 2. The molecule has 2 heterocycles. The summed E-state index contributed by atoms with van der Waals surface area (Å²) in [6, 6.07) is 5.45. The molecule has 0 aromatic carbocycles. The normalized spacial score (nSPS) is 30.4. The molecule has 0 aliphatic carbocycles. The fourth-order valence-electron chi connectivity index (χ4n) is 1.47. The van der Waals surface area contributed by atoms with Gasteiger partial charge in [-0.2, -0.15) is 0 Å². The first-order chi connectivity index (χ1) is 5.86. The highest BCUT2D eigenvalue weighted by Gasteiger charge is 2.18. The van der Waals surface area contributed by atoms with E-state index >= 15 is 0 Å². The van der Waals surface area contributed by atoms with Crippen LogP contribution in [-0.2, 0) is 0 Å². The van der Waals surface area contributed by atoms with Gasteiger partial charge in [0.15, 0.2) is 0 Å². The average molecular weight is 182 g/mol. The van der Waals surface area contributed by atoms with Gasteiger partial charge in [0.1, 0.15) is 0 Å². The molecule has 3 heteroatoms. The summed E-state index contributed by atoms with van der Waals surface area (Å²) in [5.74, 6) is 0. The van der Waals surface area contributed by atoms with Gasteiger partial charge in [-0.15, -0.1) is 11.3 Å². The van der Waals surface area contributed by atoms with Gasteiger partial charge in [0.2, 0.25) is 0 Å². The second kappa shape index (κ2) is 3.56. The highest BCUT2D eigenvalue weighted by atomic mass is 32.1. The van der Waals surface area contributed by atoms with E-state index in [1.807, 2.05) is 11.3 Å². The summed E-state index contributed by atoms with van der Waals surface area (Å²) >= 11 is 1.83. The lowest BCUT2D eigenvalue weighted by molar-refractivity contribution is 0.370. The van der Waals surface area contributed by atoms with E-state index < -0.39 is 0 Å². The van der Waals surface area contributed by atoms with Gasteiger partial charge in [0.05, 0.1) is 6.04 Å². The minimum absolute atomic E-state index is 0.529. The van der Waals surface area contributed by atoms with Crippen LogP contribution in [0.1, 0.15) is 17.8 Å². The topological polar surface area (TPSA) is 24.1 Å².